The van der Waals surface area contributed by atoms with Gasteiger partial charge in [-0.25, -0.2) is 0 Å². The molecule has 0 aromatic rings. The second-order valence-corrected chi connectivity index (χ2v) is 6.36. The molecule has 0 radical (unpaired) electrons. The third-order valence-corrected chi connectivity index (χ3v) is 4.26. The molecule has 1 aliphatic rings. The molecular weight excluding hydrogens is 186 g/mol. The van der Waals surface area contributed by atoms with E-state index in [2.05, 4.69) is 20.8 Å². The van der Waals surface area contributed by atoms with Gasteiger partial charge in [0.2, 0.25) is 0 Å². The number of hydrogen-bond donors (Lipinski definition) is 2. The van der Waals surface area contributed by atoms with E-state index in [4.69, 9.17) is 5.73 Å². The molecule has 1 fully saturated rings. The minimum absolute atomic E-state index is 0.383. The van der Waals surface area contributed by atoms with E-state index in [9.17, 15) is 5.11 Å². The Morgan fingerprint density at radius 3 is 2.07 bits per heavy atom. The molecule has 0 bridgehead atoms. The van der Waals surface area contributed by atoms with Crippen LogP contribution in [0.1, 0.15) is 66.2 Å². The van der Waals surface area contributed by atoms with Crippen molar-refractivity contribution in [3.8, 4) is 0 Å². The lowest BCUT2D eigenvalue weighted by atomic mass is 9.64. The van der Waals surface area contributed by atoms with E-state index in [1.165, 1.54) is 0 Å². The second-order valence-electron chi connectivity index (χ2n) is 6.36. The van der Waals surface area contributed by atoms with Crippen LogP contribution in [0.15, 0.2) is 0 Å². The van der Waals surface area contributed by atoms with E-state index < -0.39 is 11.1 Å². The fourth-order valence-electron chi connectivity index (χ4n) is 2.66. The quantitative estimate of drug-likeness (QED) is 0.757. The molecule has 3 N–H and O–H groups in total. The first-order chi connectivity index (χ1) is 6.72. The largest absolute Gasteiger partial charge is 0.388 e. The highest BCUT2D eigenvalue weighted by Gasteiger charge is 2.46. The summed E-state index contributed by atoms with van der Waals surface area (Å²) in [5.41, 5.74) is 5.60. The smallest absolute Gasteiger partial charge is 0.0824 e. The van der Waals surface area contributed by atoms with Gasteiger partial charge >= 0.3 is 0 Å². The fraction of sp³-hybridized carbons (Fsp3) is 1.00. The summed E-state index contributed by atoms with van der Waals surface area (Å²) in [6, 6.07) is 0. The van der Waals surface area contributed by atoms with Crippen molar-refractivity contribution in [1.82, 2.24) is 0 Å². The van der Waals surface area contributed by atoms with Crippen LogP contribution >= 0.6 is 0 Å². The van der Waals surface area contributed by atoms with Crippen LogP contribution in [0.2, 0.25) is 0 Å². The predicted molar refractivity (Wildman–Crippen MR) is 64.7 cm³/mol. The molecule has 1 saturated carbocycles. The van der Waals surface area contributed by atoms with Gasteiger partial charge in [0.25, 0.3) is 0 Å². The average Bonchev–Trinajstić information content (AvgIpc) is 2.10. The summed E-state index contributed by atoms with van der Waals surface area (Å²) >= 11 is 0. The normalized spacial score (nSPS) is 28.4. The number of rotatable bonds is 3. The zero-order valence-corrected chi connectivity index (χ0v) is 10.8. The third kappa shape index (κ3) is 2.73. The Morgan fingerprint density at radius 2 is 1.67 bits per heavy atom. The van der Waals surface area contributed by atoms with Gasteiger partial charge in [0.05, 0.1) is 5.60 Å². The molecule has 1 atom stereocenters. The van der Waals surface area contributed by atoms with Crippen LogP contribution in [0.5, 0.6) is 0 Å². The summed E-state index contributed by atoms with van der Waals surface area (Å²) in [7, 11) is 0. The Labute approximate surface area is 94.2 Å². The molecule has 0 heterocycles. The van der Waals surface area contributed by atoms with Crippen LogP contribution < -0.4 is 5.73 Å². The van der Waals surface area contributed by atoms with Crippen LogP contribution in [0.4, 0.5) is 0 Å². The summed E-state index contributed by atoms with van der Waals surface area (Å²) in [4.78, 5) is 0. The van der Waals surface area contributed by atoms with Crippen LogP contribution in [0, 0.1) is 5.41 Å². The van der Waals surface area contributed by atoms with Crippen molar-refractivity contribution in [2.75, 3.05) is 0 Å². The highest BCUT2D eigenvalue weighted by atomic mass is 16.3. The topological polar surface area (TPSA) is 46.2 Å². The second kappa shape index (κ2) is 4.06. The molecule has 0 amide bonds. The van der Waals surface area contributed by atoms with E-state index in [1.54, 1.807) is 0 Å². The summed E-state index contributed by atoms with van der Waals surface area (Å²) < 4.78 is 0. The van der Waals surface area contributed by atoms with Crippen molar-refractivity contribution in [3.63, 3.8) is 0 Å². The average molecular weight is 213 g/mol. The first-order valence-electron chi connectivity index (χ1n) is 6.24. The molecule has 0 aliphatic heterocycles. The van der Waals surface area contributed by atoms with Crippen LogP contribution in [0.3, 0.4) is 0 Å². The lowest BCUT2D eigenvalue weighted by molar-refractivity contribution is -0.0817. The van der Waals surface area contributed by atoms with Crippen LogP contribution in [-0.4, -0.2) is 16.2 Å². The van der Waals surface area contributed by atoms with Crippen molar-refractivity contribution in [2.45, 2.75) is 77.4 Å². The van der Waals surface area contributed by atoms with Crippen LogP contribution in [-0.2, 0) is 0 Å². The zero-order chi connectivity index (χ0) is 11.7. The fourth-order valence-corrected chi connectivity index (χ4v) is 2.66. The number of hydrogen-bond acceptors (Lipinski definition) is 2. The minimum atomic E-state index is -0.640. The zero-order valence-electron chi connectivity index (χ0n) is 10.8. The molecule has 0 saturated heterocycles. The predicted octanol–water partition coefficient (Wildman–Crippen LogP) is 2.84. The maximum Gasteiger partial charge on any atom is 0.0824 e. The SMILES string of the molecule is CCCC(C)(N)C1(O)CCC(C)(C)CC1. The van der Waals surface area contributed by atoms with Crippen molar-refractivity contribution >= 4 is 0 Å². The monoisotopic (exact) mass is 213 g/mol. The van der Waals surface area contributed by atoms with E-state index >= 15 is 0 Å². The first-order valence-corrected chi connectivity index (χ1v) is 6.24. The lowest BCUT2D eigenvalue weighted by Crippen LogP contribution is -2.60. The Bertz CT molecular complexity index is 211. The molecule has 1 rings (SSSR count). The summed E-state index contributed by atoms with van der Waals surface area (Å²) in [5, 5.41) is 10.6. The maximum atomic E-state index is 10.6. The molecule has 0 aromatic heterocycles. The highest BCUT2D eigenvalue weighted by molar-refractivity contribution is 5.03. The van der Waals surface area contributed by atoms with Gasteiger partial charge < -0.3 is 10.8 Å². The maximum absolute atomic E-state index is 10.6. The summed E-state index contributed by atoms with van der Waals surface area (Å²) in [6.45, 7) is 8.69. The van der Waals surface area contributed by atoms with Crippen molar-refractivity contribution in [2.24, 2.45) is 11.1 Å². The van der Waals surface area contributed by atoms with Gasteiger partial charge in [-0.3, -0.25) is 0 Å². The molecule has 90 valence electrons. The van der Waals surface area contributed by atoms with Gasteiger partial charge in [-0.05, 0) is 44.4 Å². The molecule has 1 unspecified atom stereocenters. The van der Waals surface area contributed by atoms with Gasteiger partial charge in [-0.2, -0.15) is 0 Å². The third-order valence-electron chi connectivity index (χ3n) is 4.26. The van der Waals surface area contributed by atoms with Gasteiger partial charge in [0.15, 0.2) is 0 Å². The van der Waals surface area contributed by atoms with E-state index in [1.807, 2.05) is 6.92 Å². The Morgan fingerprint density at radius 1 is 1.20 bits per heavy atom. The Hall–Kier alpha value is -0.0800. The lowest BCUT2D eigenvalue weighted by Gasteiger charge is -2.49. The van der Waals surface area contributed by atoms with Crippen molar-refractivity contribution in [1.29, 1.82) is 0 Å². The minimum Gasteiger partial charge on any atom is -0.388 e. The number of nitrogens with two attached hydrogens (primary N) is 1. The van der Waals surface area contributed by atoms with Gasteiger partial charge in [-0.15, -0.1) is 0 Å². The molecule has 15 heavy (non-hydrogen) atoms. The highest BCUT2D eigenvalue weighted by Crippen LogP contribution is 2.45. The first kappa shape index (κ1) is 13.0. The van der Waals surface area contributed by atoms with E-state index in [0.29, 0.717) is 5.41 Å². The molecule has 0 spiro atoms. The van der Waals surface area contributed by atoms with E-state index in [-0.39, 0.29) is 0 Å². The van der Waals surface area contributed by atoms with Crippen LogP contribution in [0.25, 0.3) is 0 Å². The molecule has 0 aromatic carbocycles. The van der Waals surface area contributed by atoms with Crippen molar-refractivity contribution < 1.29 is 5.11 Å². The Kier molecular flexibility index (Phi) is 3.52. The van der Waals surface area contributed by atoms with Gasteiger partial charge in [0.1, 0.15) is 0 Å². The van der Waals surface area contributed by atoms with Crippen molar-refractivity contribution in [3.05, 3.63) is 0 Å². The molecular formula is C13H27NO. The van der Waals surface area contributed by atoms with Gasteiger partial charge in [-0.1, -0.05) is 27.2 Å². The van der Waals surface area contributed by atoms with E-state index in [0.717, 1.165) is 38.5 Å². The summed E-state index contributed by atoms with van der Waals surface area (Å²) in [6.07, 6.45) is 5.82. The molecule has 1 aliphatic carbocycles. The van der Waals surface area contributed by atoms with Gasteiger partial charge in [0, 0.05) is 5.54 Å². The summed E-state index contributed by atoms with van der Waals surface area (Å²) in [5.74, 6) is 0. The standard InChI is InChI=1S/C13H27NO/c1-5-6-12(4,14)13(15)9-7-11(2,3)8-10-13/h15H,5-10,14H2,1-4H3. The Balaban J connectivity index is 2.69. The molecule has 2 nitrogen and oxygen atoms in total. The molecule has 2 heteroatoms. The number of aliphatic hydroxyl groups is 1.